The first-order chi connectivity index (χ1) is 7.98. The Morgan fingerprint density at radius 2 is 1.94 bits per heavy atom. The summed E-state index contributed by atoms with van der Waals surface area (Å²) >= 11 is 0. The van der Waals surface area contributed by atoms with Crippen molar-refractivity contribution in [2.24, 2.45) is 5.92 Å². The van der Waals surface area contributed by atoms with Crippen LogP contribution in [0.15, 0.2) is 0 Å². The van der Waals surface area contributed by atoms with Crippen molar-refractivity contribution >= 4 is 21.7 Å². The molecule has 2 rings (SSSR count). The number of nitrogens with one attached hydrogen (secondary N) is 1. The second-order valence-electron chi connectivity index (χ2n) is 4.52. The summed E-state index contributed by atoms with van der Waals surface area (Å²) in [6, 6.07) is 0. The topological polar surface area (TPSA) is 83.6 Å². The van der Waals surface area contributed by atoms with E-state index in [1.54, 1.807) is 4.90 Å². The molecule has 0 aromatic heterocycles. The van der Waals surface area contributed by atoms with Gasteiger partial charge in [0.25, 0.3) is 0 Å². The number of rotatable bonds is 1. The van der Waals surface area contributed by atoms with Crippen molar-refractivity contribution < 1.29 is 18.0 Å². The summed E-state index contributed by atoms with van der Waals surface area (Å²) in [5.74, 6) is -0.126. The van der Waals surface area contributed by atoms with Gasteiger partial charge in [-0.1, -0.05) is 0 Å². The third kappa shape index (κ3) is 2.96. The number of carbonyl (C=O) groups excluding carboxylic acids is 2. The van der Waals surface area contributed by atoms with Crippen molar-refractivity contribution in [2.75, 3.05) is 31.1 Å². The Kier molecular flexibility index (Phi) is 3.37. The molecule has 1 atom stereocenters. The summed E-state index contributed by atoms with van der Waals surface area (Å²) in [6.07, 6.45) is 0.941. The van der Waals surface area contributed by atoms with Gasteiger partial charge in [0.05, 0.1) is 17.4 Å². The van der Waals surface area contributed by atoms with Crippen LogP contribution >= 0.6 is 0 Å². The molecule has 2 heterocycles. The van der Waals surface area contributed by atoms with E-state index in [1.165, 1.54) is 0 Å². The Bertz CT molecular complexity index is 408. The lowest BCUT2D eigenvalue weighted by Gasteiger charge is -2.31. The van der Waals surface area contributed by atoms with Gasteiger partial charge in [-0.15, -0.1) is 0 Å². The van der Waals surface area contributed by atoms with Gasteiger partial charge in [-0.2, -0.15) is 0 Å². The summed E-state index contributed by atoms with van der Waals surface area (Å²) in [4.78, 5) is 24.6. The Hall–Kier alpha value is -1.11. The van der Waals surface area contributed by atoms with Gasteiger partial charge in [-0.3, -0.25) is 9.59 Å². The molecule has 0 aliphatic carbocycles. The summed E-state index contributed by atoms with van der Waals surface area (Å²) in [5, 5.41) is 2.66. The van der Waals surface area contributed by atoms with Gasteiger partial charge < -0.3 is 10.2 Å². The third-order valence-corrected chi connectivity index (χ3v) is 4.88. The van der Waals surface area contributed by atoms with Crippen molar-refractivity contribution in [1.82, 2.24) is 10.2 Å². The number of piperidine rings is 1. The van der Waals surface area contributed by atoms with Crippen LogP contribution in [0.25, 0.3) is 0 Å². The van der Waals surface area contributed by atoms with E-state index in [0.717, 1.165) is 0 Å². The monoisotopic (exact) mass is 260 g/mol. The van der Waals surface area contributed by atoms with E-state index < -0.39 is 9.84 Å². The third-order valence-electron chi connectivity index (χ3n) is 3.27. The molecule has 2 fully saturated rings. The minimum atomic E-state index is -2.95. The van der Waals surface area contributed by atoms with E-state index in [4.69, 9.17) is 0 Å². The van der Waals surface area contributed by atoms with Crippen LogP contribution in [0.4, 0.5) is 0 Å². The van der Waals surface area contributed by atoms with E-state index in [-0.39, 0.29) is 42.3 Å². The average molecular weight is 260 g/mol. The predicted octanol–water partition coefficient (Wildman–Crippen LogP) is -1.23. The van der Waals surface area contributed by atoms with E-state index in [0.29, 0.717) is 19.4 Å². The van der Waals surface area contributed by atoms with E-state index >= 15 is 0 Å². The first-order valence-corrected chi connectivity index (χ1v) is 7.56. The van der Waals surface area contributed by atoms with Crippen LogP contribution in [0.3, 0.4) is 0 Å². The lowest BCUT2D eigenvalue weighted by molar-refractivity contribution is -0.137. The van der Waals surface area contributed by atoms with Gasteiger partial charge in [0.1, 0.15) is 0 Å². The van der Waals surface area contributed by atoms with Crippen molar-refractivity contribution in [3.05, 3.63) is 0 Å². The fourth-order valence-corrected chi connectivity index (χ4v) is 3.34. The number of hydrogen-bond donors (Lipinski definition) is 1. The zero-order valence-corrected chi connectivity index (χ0v) is 10.3. The summed E-state index contributed by atoms with van der Waals surface area (Å²) in [7, 11) is -2.95. The summed E-state index contributed by atoms with van der Waals surface area (Å²) < 4.78 is 22.5. The molecule has 0 saturated carbocycles. The van der Waals surface area contributed by atoms with E-state index in [9.17, 15) is 18.0 Å². The van der Waals surface area contributed by atoms with Crippen LogP contribution in [0.1, 0.15) is 12.8 Å². The largest absolute Gasteiger partial charge is 0.355 e. The maximum atomic E-state index is 12.1. The zero-order valence-electron chi connectivity index (χ0n) is 9.52. The molecule has 1 N–H and O–H groups in total. The minimum absolute atomic E-state index is 0.0183. The van der Waals surface area contributed by atoms with Crippen LogP contribution in [0, 0.1) is 5.92 Å². The molecule has 7 heteroatoms. The molecule has 2 amide bonds. The van der Waals surface area contributed by atoms with Gasteiger partial charge in [0.15, 0.2) is 9.84 Å². The average Bonchev–Trinajstić information content (AvgIpc) is 2.29. The Labute approximate surface area is 100 Å². The van der Waals surface area contributed by atoms with Crippen LogP contribution < -0.4 is 5.32 Å². The second kappa shape index (κ2) is 4.64. The Morgan fingerprint density at radius 3 is 2.47 bits per heavy atom. The molecule has 17 heavy (non-hydrogen) atoms. The maximum Gasteiger partial charge on any atom is 0.227 e. The molecule has 2 aliphatic rings. The van der Waals surface area contributed by atoms with Crippen LogP contribution in [-0.2, 0) is 19.4 Å². The van der Waals surface area contributed by atoms with Gasteiger partial charge in [-0.25, -0.2) is 8.42 Å². The smallest absolute Gasteiger partial charge is 0.227 e. The number of amides is 2. The molecule has 2 aliphatic heterocycles. The Balaban J connectivity index is 1.91. The standard InChI is InChI=1S/C10H16N2O4S/c13-9-2-1-8(7-11-9)10(14)12-3-5-17(15,16)6-4-12/h8H,1-7H2,(H,11,13). The molecule has 0 aromatic rings. The van der Waals surface area contributed by atoms with Gasteiger partial charge in [0.2, 0.25) is 11.8 Å². The lowest BCUT2D eigenvalue weighted by Crippen LogP contribution is -2.49. The SMILES string of the molecule is O=C1CCC(C(=O)N2CCS(=O)(=O)CC2)CN1. The van der Waals surface area contributed by atoms with Crippen LogP contribution in [-0.4, -0.2) is 56.3 Å². The van der Waals surface area contributed by atoms with Crippen LogP contribution in [0.2, 0.25) is 0 Å². The van der Waals surface area contributed by atoms with Gasteiger partial charge >= 0.3 is 0 Å². The number of nitrogens with zero attached hydrogens (tertiary/aromatic N) is 1. The Morgan fingerprint density at radius 1 is 1.29 bits per heavy atom. The van der Waals surface area contributed by atoms with Crippen molar-refractivity contribution in [3.8, 4) is 0 Å². The molecule has 0 bridgehead atoms. The normalized spacial score (nSPS) is 28.6. The van der Waals surface area contributed by atoms with Gasteiger partial charge in [-0.05, 0) is 6.42 Å². The lowest BCUT2D eigenvalue weighted by atomic mass is 9.97. The highest BCUT2D eigenvalue weighted by Crippen LogP contribution is 2.16. The zero-order chi connectivity index (χ0) is 12.5. The second-order valence-corrected chi connectivity index (χ2v) is 6.82. The van der Waals surface area contributed by atoms with Crippen molar-refractivity contribution in [1.29, 1.82) is 0 Å². The van der Waals surface area contributed by atoms with Gasteiger partial charge in [0, 0.05) is 26.1 Å². The molecular weight excluding hydrogens is 244 g/mol. The molecule has 0 spiro atoms. The predicted molar refractivity (Wildman–Crippen MR) is 61.0 cm³/mol. The fourth-order valence-electron chi connectivity index (χ4n) is 2.13. The molecular formula is C10H16N2O4S. The molecule has 0 radical (unpaired) electrons. The van der Waals surface area contributed by atoms with Crippen molar-refractivity contribution in [3.63, 3.8) is 0 Å². The minimum Gasteiger partial charge on any atom is -0.355 e. The number of carbonyl (C=O) groups is 2. The van der Waals surface area contributed by atoms with Crippen molar-refractivity contribution in [2.45, 2.75) is 12.8 Å². The highest BCUT2D eigenvalue weighted by Gasteiger charge is 2.31. The highest BCUT2D eigenvalue weighted by molar-refractivity contribution is 7.91. The first-order valence-electron chi connectivity index (χ1n) is 5.74. The van der Waals surface area contributed by atoms with E-state index in [1.807, 2.05) is 0 Å². The number of sulfone groups is 1. The van der Waals surface area contributed by atoms with E-state index in [2.05, 4.69) is 5.32 Å². The first kappa shape index (κ1) is 12.3. The summed E-state index contributed by atoms with van der Waals surface area (Å²) in [6.45, 7) is 0.943. The quantitative estimate of drug-likeness (QED) is 0.640. The summed E-state index contributed by atoms with van der Waals surface area (Å²) in [5.41, 5.74) is 0. The highest BCUT2D eigenvalue weighted by atomic mass is 32.2. The molecule has 6 nitrogen and oxygen atoms in total. The number of hydrogen-bond acceptors (Lipinski definition) is 4. The van der Waals surface area contributed by atoms with Crippen LogP contribution in [0.5, 0.6) is 0 Å². The fraction of sp³-hybridized carbons (Fsp3) is 0.800. The molecule has 0 aromatic carbocycles. The molecule has 2 saturated heterocycles. The maximum absolute atomic E-state index is 12.1. The molecule has 1 unspecified atom stereocenters. The molecule has 96 valence electrons.